The standard InChI is InChI=1S/C10H17N3O3/c1-15-10(14)7(11)6-8(12)13-9-4-2-3-5-16-9/h6,9,11,13H,2-5,12H2,1H3/b8-6-,11-7?. The minimum absolute atomic E-state index is 0.129. The molecule has 90 valence electrons. The number of methoxy groups -OCH3 is 1. The number of nitrogens with two attached hydrogens (primary N) is 1. The topological polar surface area (TPSA) is 97.4 Å². The van der Waals surface area contributed by atoms with Crippen LogP contribution in [0.15, 0.2) is 11.9 Å². The van der Waals surface area contributed by atoms with Crippen molar-refractivity contribution in [3.05, 3.63) is 11.9 Å². The number of esters is 1. The summed E-state index contributed by atoms with van der Waals surface area (Å²) in [5, 5.41) is 10.2. The molecular weight excluding hydrogens is 210 g/mol. The molecule has 1 saturated heterocycles. The Labute approximate surface area is 94.3 Å². The molecule has 0 bridgehead atoms. The van der Waals surface area contributed by atoms with E-state index in [1.54, 1.807) is 0 Å². The van der Waals surface area contributed by atoms with Crippen LogP contribution in [0.5, 0.6) is 0 Å². The summed E-state index contributed by atoms with van der Waals surface area (Å²) in [7, 11) is 1.22. The Kier molecular flexibility index (Phi) is 4.78. The number of hydrogen-bond donors (Lipinski definition) is 3. The van der Waals surface area contributed by atoms with Gasteiger partial charge in [-0.2, -0.15) is 0 Å². The van der Waals surface area contributed by atoms with Crippen LogP contribution in [0, 0.1) is 5.41 Å². The zero-order valence-electron chi connectivity index (χ0n) is 9.29. The molecule has 6 heteroatoms. The predicted octanol–water partition coefficient (Wildman–Crippen LogP) is 0.0955. The van der Waals surface area contributed by atoms with Crippen molar-refractivity contribution in [1.29, 1.82) is 5.41 Å². The maximum absolute atomic E-state index is 10.9. The van der Waals surface area contributed by atoms with Crippen LogP contribution in [0.25, 0.3) is 0 Å². The molecule has 0 saturated carbocycles. The molecule has 1 aliphatic rings. The van der Waals surface area contributed by atoms with E-state index in [1.165, 1.54) is 13.2 Å². The smallest absolute Gasteiger partial charge is 0.356 e. The second-order valence-corrected chi connectivity index (χ2v) is 3.50. The highest BCUT2D eigenvalue weighted by atomic mass is 16.5. The Balaban J connectivity index is 2.43. The Hall–Kier alpha value is -1.56. The van der Waals surface area contributed by atoms with Crippen LogP contribution >= 0.6 is 0 Å². The van der Waals surface area contributed by atoms with Crippen molar-refractivity contribution in [2.75, 3.05) is 13.7 Å². The summed E-state index contributed by atoms with van der Waals surface area (Å²) in [5.74, 6) is -0.475. The zero-order chi connectivity index (χ0) is 12.0. The molecule has 1 heterocycles. The fourth-order valence-electron chi connectivity index (χ4n) is 1.41. The normalized spacial score (nSPS) is 21.3. The van der Waals surface area contributed by atoms with E-state index < -0.39 is 5.97 Å². The van der Waals surface area contributed by atoms with Gasteiger partial charge in [0.05, 0.1) is 7.11 Å². The van der Waals surface area contributed by atoms with Crippen LogP contribution in [0.1, 0.15) is 19.3 Å². The monoisotopic (exact) mass is 227 g/mol. The van der Waals surface area contributed by atoms with Gasteiger partial charge in [0.2, 0.25) is 0 Å². The van der Waals surface area contributed by atoms with E-state index in [2.05, 4.69) is 10.1 Å². The van der Waals surface area contributed by atoms with Crippen molar-refractivity contribution >= 4 is 11.7 Å². The van der Waals surface area contributed by atoms with E-state index in [4.69, 9.17) is 15.9 Å². The summed E-state index contributed by atoms with van der Waals surface area (Å²) in [6.45, 7) is 0.708. The summed E-state index contributed by atoms with van der Waals surface area (Å²) >= 11 is 0. The van der Waals surface area contributed by atoms with E-state index in [9.17, 15) is 4.79 Å². The Bertz CT molecular complexity index is 296. The maximum Gasteiger partial charge on any atom is 0.356 e. The second-order valence-electron chi connectivity index (χ2n) is 3.50. The third-order valence-corrected chi connectivity index (χ3v) is 2.21. The predicted molar refractivity (Wildman–Crippen MR) is 58.7 cm³/mol. The highest BCUT2D eigenvalue weighted by molar-refractivity contribution is 6.39. The number of carbonyl (C=O) groups is 1. The fraction of sp³-hybridized carbons (Fsp3) is 0.600. The number of ether oxygens (including phenoxy) is 2. The van der Waals surface area contributed by atoms with Gasteiger partial charge in [-0.1, -0.05) is 0 Å². The van der Waals surface area contributed by atoms with E-state index in [-0.39, 0.29) is 17.8 Å². The molecule has 1 fully saturated rings. The van der Waals surface area contributed by atoms with E-state index in [1.807, 2.05) is 0 Å². The molecule has 0 aromatic heterocycles. The fourth-order valence-corrected chi connectivity index (χ4v) is 1.41. The Morgan fingerprint density at radius 2 is 2.38 bits per heavy atom. The maximum atomic E-state index is 10.9. The lowest BCUT2D eigenvalue weighted by Crippen LogP contribution is -2.37. The molecule has 16 heavy (non-hydrogen) atoms. The summed E-state index contributed by atoms with van der Waals surface area (Å²) in [5.41, 5.74) is 5.33. The summed E-state index contributed by atoms with van der Waals surface area (Å²) in [6, 6.07) is 0. The second kappa shape index (κ2) is 6.12. The molecule has 0 aromatic rings. The quantitative estimate of drug-likeness (QED) is 0.467. The summed E-state index contributed by atoms with van der Waals surface area (Å²) < 4.78 is 9.78. The van der Waals surface area contributed by atoms with Gasteiger partial charge < -0.3 is 20.5 Å². The largest absolute Gasteiger partial charge is 0.464 e. The first-order chi connectivity index (χ1) is 7.63. The highest BCUT2D eigenvalue weighted by Gasteiger charge is 2.14. The van der Waals surface area contributed by atoms with Crippen molar-refractivity contribution in [3.63, 3.8) is 0 Å². The number of rotatable bonds is 4. The number of carbonyl (C=O) groups excluding carboxylic acids is 1. The van der Waals surface area contributed by atoms with Gasteiger partial charge in [-0.3, -0.25) is 5.41 Å². The first-order valence-electron chi connectivity index (χ1n) is 5.15. The summed E-state index contributed by atoms with van der Waals surface area (Å²) in [4.78, 5) is 10.9. The van der Waals surface area contributed by atoms with E-state index in [0.29, 0.717) is 6.61 Å². The lowest BCUT2D eigenvalue weighted by atomic mass is 10.2. The summed E-state index contributed by atoms with van der Waals surface area (Å²) in [6.07, 6.45) is 4.11. The van der Waals surface area contributed by atoms with Gasteiger partial charge >= 0.3 is 5.97 Å². The van der Waals surface area contributed by atoms with Gasteiger partial charge in [-0.25, -0.2) is 4.79 Å². The minimum atomic E-state index is -0.714. The first-order valence-corrected chi connectivity index (χ1v) is 5.15. The van der Waals surface area contributed by atoms with Crippen LogP contribution in [-0.4, -0.2) is 31.6 Å². The van der Waals surface area contributed by atoms with Crippen molar-refractivity contribution in [1.82, 2.24) is 5.32 Å². The molecule has 1 aliphatic heterocycles. The van der Waals surface area contributed by atoms with Crippen LogP contribution in [0.3, 0.4) is 0 Å². The average Bonchev–Trinajstić information content (AvgIpc) is 2.29. The van der Waals surface area contributed by atoms with Gasteiger partial charge in [-0.15, -0.1) is 0 Å². The number of hydrogen-bond acceptors (Lipinski definition) is 6. The Morgan fingerprint density at radius 3 is 2.94 bits per heavy atom. The lowest BCUT2D eigenvalue weighted by Gasteiger charge is -2.24. The highest BCUT2D eigenvalue weighted by Crippen LogP contribution is 2.10. The van der Waals surface area contributed by atoms with Gasteiger partial charge in [0.15, 0.2) is 0 Å². The van der Waals surface area contributed by atoms with Crippen LogP contribution in [0.2, 0.25) is 0 Å². The minimum Gasteiger partial charge on any atom is -0.464 e. The van der Waals surface area contributed by atoms with Crippen LogP contribution in [0.4, 0.5) is 0 Å². The molecule has 1 rings (SSSR count). The average molecular weight is 227 g/mol. The van der Waals surface area contributed by atoms with E-state index in [0.717, 1.165) is 19.3 Å². The number of nitrogens with one attached hydrogen (secondary N) is 2. The molecule has 4 N–H and O–H groups in total. The van der Waals surface area contributed by atoms with Gasteiger partial charge in [0, 0.05) is 12.7 Å². The lowest BCUT2D eigenvalue weighted by molar-refractivity contribution is -0.132. The SMILES string of the molecule is COC(=O)C(=N)/C=C(/N)NC1CCCCO1. The molecule has 6 nitrogen and oxygen atoms in total. The third-order valence-electron chi connectivity index (χ3n) is 2.21. The van der Waals surface area contributed by atoms with E-state index >= 15 is 0 Å². The molecule has 0 spiro atoms. The third kappa shape index (κ3) is 3.90. The molecule has 1 atom stereocenters. The van der Waals surface area contributed by atoms with Gasteiger partial charge in [0.25, 0.3) is 0 Å². The molecule has 0 radical (unpaired) electrons. The van der Waals surface area contributed by atoms with Crippen LogP contribution < -0.4 is 11.1 Å². The van der Waals surface area contributed by atoms with Gasteiger partial charge in [0.1, 0.15) is 17.8 Å². The Morgan fingerprint density at radius 1 is 1.62 bits per heavy atom. The molecular formula is C10H17N3O3. The molecule has 1 unspecified atom stereocenters. The molecule has 0 aliphatic carbocycles. The van der Waals surface area contributed by atoms with Gasteiger partial charge in [-0.05, 0) is 19.3 Å². The molecule has 0 aromatic carbocycles. The first kappa shape index (κ1) is 12.5. The molecule has 0 amide bonds. The van der Waals surface area contributed by atoms with Crippen molar-refractivity contribution in [2.45, 2.75) is 25.5 Å². The van der Waals surface area contributed by atoms with Crippen molar-refractivity contribution < 1.29 is 14.3 Å². The zero-order valence-corrected chi connectivity index (χ0v) is 9.29. The van der Waals surface area contributed by atoms with Crippen LogP contribution in [-0.2, 0) is 14.3 Å². The van der Waals surface area contributed by atoms with Crippen molar-refractivity contribution in [3.8, 4) is 0 Å². The van der Waals surface area contributed by atoms with Crippen molar-refractivity contribution in [2.24, 2.45) is 5.73 Å².